The van der Waals surface area contributed by atoms with Gasteiger partial charge in [-0.25, -0.2) is 0 Å². The smallest absolute Gasteiger partial charge is 0.255 e. The number of hydrogen-bond acceptors (Lipinski definition) is 4. The Balaban J connectivity index is 2.46. The lowest BCUT2D eigenvalue weighted by Gasteiger charge is -2.49. The molecule has 5 heteroatoms. The van der Waals surface area contributed by atoms with E-state index in [1.807, 2.05) is 0 Å². The van der Waals surface area contributed by atoms with E-state index in [-0.39, 0.29) is 24.3 Å². The number of ether oxygens (including phenoxy) is 1. The van der Waals surface area contributed by atoms with E-state index in [0.717, 1.165) is 0 Å². The first-order chi connectivity index (χ1) is 7.32. The summed E-state index contributed by atoms with van der Waals surface area (Å²) in [4.78, 5) is 25.6. The maximum Gasteiger partial charge on any atom is 0.255 e. The number of ketones is 1. The van der Waals surface area contributed by atoms with Gasteiger partial charge < -0.3 is 14.7 Å². The van der Waals surface area contributed by atoms with E-state index in [0.29, 0.717) is 0 Å². The Labute approximate surface area is 94.4 Å². The fraction of sp³-hybridized carbons (Fsp3) is 0.818. The summed E-state index contributed by atoms with van der Waals surface area (Å²) in [5.41, 5.74) is -1.74. The van der Waals surface area contributed by atoms with Crippen LogP contribution in [-0.4, -0.2) is 53.1 Å². The highest BCUT2D eigenvalue weighted by molar-refractivity contribution is 6.06. The molecule has 2 fully saturated rings. The lowest BCUT2D eigenvalue weighted by atomic mass is 9.75. The first kappa shape index (κ1) is 11.5. The second-order valence-corrected chi connectivity index (χ2v) is 5.27. The predicted octanol–water partition coefficient (Wildman–Crippen LogP) is -0.428. The zero-order valence-electron chi connectivity index (χ0n) is 9.98. The molecule has 2 aliphatic heterocycles. The minimum atomic E-state index is -0.905. The van der Waals surface area contributed by atoms with Gasteiger partial charge in [0.25, 0.3) is 5.91 Å². The minimum absolute atomic E-state index is 0.0969. The van der Waals surface area contributed by atoms with Crippen molar-refractivity contribution in [2.24, 2.45) is 5.41 Å². The third kappa shape index (κ3) is 0.978. The maximum absolute atomic E-state index is 12.2. The van der Waals surface area contributed by atoms with Gasteiger partial charge in [0.05, 0.1) is 23.6 Å². The van der Waals surface area contributed by atoms with E-state index < -0.39 is 17.1 Å². The average Bonchev–Trinajstić information content (AvgIpc) is 2.36. The number of fused-ring (bicyclic) bond motifs is 1. The van der Waals surface area contributed by atoms with Crippen molar-refractivity contribution in [3.8, 4) is 0 Å². The van der Waals surface area contributed by atoms with Crippen molar-refractivity contribution in [2.75, 3.05) is 13.7 Å². The Morgan fingerprint density at radius 1 is 1.38 bits per heavy atom. The highest BCUT2D eigenvalue weighted by atomic mass is 16.5. The number of amides is 1. The summed E-state index contributed by atoms with van der Waals surface area (Å²) >= 11 is 0. The zero-order valence-corrected chi connectivity index (χ0v) is 9.98. The molecule has 0 radical (unpaired) electrons. The second kappa shape index (κ2) is 3.05. The number of hydrogen-bond donors (Lipinski definition) is 1. The summed E-state index contributed by atoms with van der Waals surface area (Å²) in [6, 6.07) is -0.336. The standard InChI is InChI=1S/C11H17NO4/c1-10(2)9(15)11(3,5-13)7-6(16-4)8(14)12(7)10/h6-7,13H,5H2,1-4H3/t6-,7-,11+/m0/s1. The third-order valence-electron chi connectivity index (χ3n) is 3.96. The van der Waals surface area contributed by atoms with Crippen LogP contribution in [-0.2, 0) is 14.3 Å². The number of aliphatic hydroxyl groups excluding tert-OH is 1. The van der Waals surface area contributed by atoms with E-state index in [1.165, 1.54) is 7.11 Å². The fourth-order valence-corrected chi connectivity index (χ4v) is 3.04. The lowest BCUT2D eigenvalue weighted by Crippen LogP contribution is -2.70. The summed E-state index contributed by atoms with van der Waals surface area (Å²) in [5.74, 6) is -0.261. The van der Waals surface area contributed by atoms with Gasteiger partial charge in [-0.1, -0.05) is 0 Å². The number of methoxy groups -OCH3 is 1. The largest absolute Gasteiger partial charge is 0.395 e. The summed E-state index contributed by atoms with van der Waals surface area (Å²) in [6.07, 6.45) is -0.595. The van der Waals surface area contributed by atoms with Gasteiger partial charge in [-0.05, 0) is 20.8 Å². The molecule has 0 saturated carbocycles. The van der Waals surface area contributed by atoms with Gasteiger partial charge in [0.2, 0.25) is 0 Å². The van der Waals surface area contributed by atoms with E-state index >= 15 is 0 Å². The van der Waals surface area contributed by atoms with Crippen LogP contribution in [0.5, 0.6) is 0 Å². The van der Waals surface area contributed by atoms with Crippen molar-refractivity contribution in [3.63, 3.8) is 0 Å². The molecule has 0 spiro atoms. The van der Waals surface area contributed by atoms with E-state index in [4.69, 9.17) is 4.74 Å². The van der Waals surface area contributed by atoms with Gasteiger partial charge in [0, 0.05) is 7.11 Å². The molecule has 16 heavy (non-hydrogen) atoms. The molecule has 0 unspecified atom stereocenters. The zero-order chi connectivity index (χ0) is 12.3. The SMILES string of the molecule is CO[C@@H]1C(=O)N2[C@@H]1[C@@](C)(CO)C(=O)C2(C)C. The Morgan fingerprint density at radius 3 is 2.38 bits per heavy atom. The summed E-state index contributed by atoms with van der Waals surface area (Å²) in [6.45, 7) is 4.86. The van der Waals surface area contributed by atoms with Crippen molar-refractivity contribution in [1.82, 2.24) is 4.90 Å². The highest BCUT2D eigenvalue weighted by Gasteiger charge is 2.71. The molecule has 2 aliphatic rings. The molecular formula is C11H17NO4. The molecule has 0 aromatic carbocycles. The van der Waals surface area contributed by atoms with Crippen molar-refractivity contribution < 1.29 is 19.4 Å². The number of β-lactam (4-membered cyclic amide) rings is 1. The fourth-order valence-electron chi connectivity index (χ4n) is 3.04. The first-order valence-corrected chi connectivity index (χ1v) is 5.34. The molecule has 2 saturated heterocycles. The summed E-state index contributed by atoms with van der Waals surface area (Å²) < 4.78 is 5.10. The number of carbonyl (C=O) groups is 2. The van der Waals surface area contributed by atoms with Crippen LogP contribution in [0, 0.1) is 5.41 Å². The highest BCUT2D eigenvalue weighted by Crippen LogP contribution is 2.50. The molecule has 2 rings (SSSR count). The Morgan fingerprint density at radius 2 is 1.94 bits per heavy atom. The van der Waals surface area contributed by atoms with Gasteiger partial charge in [-0.2, -0.15) is 0 Å². The molecule has 5 nitrogen and oxygen atoms in total. The molecule has 0 aromatic rings. The summed E-state index contributed by atoms with van der Waals surface area (Å²) in [5, 5.41) is 9.44. The Hall–Kier alpha value is -0.940. The molecule has 90 valence electrons. The molecule has 0 aliphatic carbocycles. The summed E-state index contributed by atoms with van der Waals surface area (Å²) in [7, 11) is 1.45. The Kier molecular flexibility index (Phi) is 2.20. The van der Waals surface area contributed by atoms with Crippen LogP contribution in [0.15, 0.2) is 0 Å². The minimum Gasteiger partial charge on any atom is -0.395 e. The quantitative estimate of drug-likeness (QED) is 0.650. The van der Waals surface area contributed by atoms with Crippen LogP contribution in [0.3, 0.4) is 0 Å². The van der Waals surface area contributed by atoms with E-state index in [2.05, 4.69) is 0 Å². The van der Waals surface area contributed by atoms with Gasteiger partial charge in [-0.15, -0.1) is 0 Å². The molecule has 1 amide bonds. The predicted molar refractivity (Wildman–Crippen MR) is 55.7 cm³/mol. The van der Waals surface area contributed by atoms with Gasteiger partial charge >= 0.3 is 0 Å². The normalized spacial score (nSPS) is 40.9. The van der Waals surface area contributed by atoms with Gasteiger partial charge in [0.1, 0.15) is 0 Å². The van der Waals surface area contributed by atoms with E-state index in [1.54, 1.807) is 25.7 Å². The Bertz CT molecular complexity index is 365. The topological polar surface area (TPSA) is 66.8 Å². The maximum atomic E-state index is 12.2. The molecule has 0 aromatic heterocycles. The second-order valence-electron chi connectivity index (χ2n) is 5.27. The monoisotopic (exact) mass is 227 g/mol. The van der Waals surface area contributed by atoms with Crippen LogP contribution < -0.4 is 0 Å². The molecular weight excluding hydrogens is 210 g/mol. The molecule has 2 heterocycles. The number of Topliss-reactive ketones (excluding diaryl/α,β-unsaturated/α-hetero) is 1. The van der Waals surface area contributed by atoms with Crippen molar-refractivity contribution in [1.29, 1.82) is 0 Å². The van der Waals surface area contributed by atoms with Gasteiger partial charge in [-0.3, -0.25) is 9.59 Å². The van der Waals surface area contributed by atoms with Crippen LogP contribution in [0.1, 0.15) is 20.8 Å². The van der Waals surface area contributed by atoms with Crippen LogP contribution >= 0.6 is 0 Å². The molecule has 0 bridgehead atoms. The van der Waals surface area contributed by atoms with Crippen molar-refractivity contribution in [3.05, 3.63) is 0 Å². The van der Waals surface area contributed by atoms with Crippen LogP contribution in [0.2, 0.25) is 0 Å². The molecule has 1 N–H and O–H groups in total. The van der Waals surface area contributed by atoms with Crippen LogP contribution in [0.25, 0.3) is 0 Å². The average molecular weight is 227 g/mol. The number of rotatable bonds is 2. The molecule has 3 atom stereocenters. The van der Waals surface area contributed by atoms with Gasteiger partial charge in [0.15, 0.2) is 11.9 Å². The third-order valence-corrected chi connectivity index (χ3v) is 3.96. The number of carbonyl (C=O) groups excluding carboxylic acids is 2. The number of nitrogens with zero attached hydrogens (tertiary/aromatic N) is 1. The van der Waals surface area contributed by atoms with E-state index in [9.17, 15) is 14.7 Å². The van der Waals surface area contributed by atoms with Crippen molar-refractivity contribution in [2.45, 2.75) is 38.5 Å². The van der Waals surface area contributed by atoms with Crippen molar-refractivity contribution >= 4 is 11.7 Å². The first-order valence-electron chi connectivity index (χ1n) is 5.34. The number of aliphatic hydroxyl groups is 1. The lowest BCUT2D eigenvalue weighted by molar-refractivity contribution is -0.180. The van der Waals surface area contributed by atoms with Crippen LogP contribution in [0.4, 0.5) is 0 Å².